The second-order valence-corrected chi connectivity index (χ2v) is 4.95. The number of aliphatic hydroxyl groups is 1. The summed E-state index contributed by atoms with van der Waals surface area (Å²) in [6.07, 6.45) is 1.52. The molecule has 2 rings (SSSR count). The summed E-state index contributed by atoms with van der Waals surface area (Å²) < 4.78 is 0. The van der Waals surface area contributed by atoms with Gasteiger partial charge >= 0.3 is 6.09 Å². The molecular weight excluding hydrogens is 254 g/mol. The van der Waals surface area contributed by atoms with Gasteiger partial charge in [0.15, 0.2) is 0 Å². The Morgan fingerprint density at radius 2 is 2.17 bits per heavy atom. The maximum atomic E-state index is 11.2. The molecule has 98 valence electrons. The molecule has 0 aliphatic heterocycles. The fraction of sp³-hybridized carbons (Fsp3) is 0.462. The number of aliphatic hydroxyl groups excluding tert-OH is 1. The average Bonchev–Trinajstić information content (AvgIpc) is 3.13. The molecule has 1 fully saturated rings. The molecule has 1 aliphatic rings. The fourth-order valence-electron chi connectivity index (χ4n) is 1.96. The zero-order valence-electron chi connectivity index (χ0n) is 9.97. The first-order valence-corrected chi connectivity index (χ1v) is 6.37. The average molecular weight is 270 g/mol. The summed E-state index contributed by atoms with van der Waals surface area (Å²) in [5, 5.41) is 18.6. The van der Waals surface area contributed by atoms with Crippen LogP contribution in [0.2, 0.25) is 5.02 Å². The smallest absolute Gasteiger partial charge is 0.407 e. The lowest BCUT2D eigenvalue weighted by Crippen LogP contribution is -2.31. The van der Waals surface area contributed by atoms with Crippen molar-refractivity contribution >= 4 is 17.7 Å². The third kappa shape index (κ3) is 3.15. The van der Waals surface area contributed by atoms with Crippen molar-refractivity contribution in [2.75, 3.05) is 6.61 Å². The molecule has 1 saturated carbocycles. The monoisotopic (exact) mass is 269 g/mol. The second-order valence-electron chi connectivity index (χ2n) is 4.54. The van der Waals surface area contributed by atoms with Crippen molar-refractivity contribution in [3.8, 4) is 0 Å². The molecule has 0 atom stereocenters. The number of carbonyl (C=O) groups is 1. The highest BCUT2D eigenvalue weighted by molar-refractivity contribution is 6.31. The summed E-state index contributed by atoms with van der Waals surface area (Å²) in [4.78, 5) is 12.6. The van der Waals surface area contributed by atoms with E-state index >= 15 is 0 Å². The van der Waals surface area contributed by atoms with Gasteiger partial charge in [0.1, 0.15) is 0 Å². The van der Waals surface area contributed by atoms with Gasteiger partial charge in [0.2, 0.25) is 0 Å². The van der Waals surface area contributed by atoms with Crippen LogP contribution in [-0.2, 0) is 13.0 Å². The molecular formula is C13H16ClNO3. The molecule has 0 spiro atoms. The minimum atomic E-state index is -0.902. The molecule has 1 amide bonds. The van der Waals surface area contributed by atoms with Crippen molar-refractivity contribution in [1.82, 2.24) is 4.90 Å². The molecule has 1 aromatic rings. The van der Waals surface area contributed by atoms with E-state index in [-0.39, 0.29) is 12.6 Å². The predicted octanol–water partition coefficient (Wildman–Crippen LogP) is 2.52. The highest BCUT2D eigenvalue weighted by Crippen LogP contribution is 2.30. The van der Waals surface area contributed by atoms with E-state index in [0.717, 1.165) is 24.0 Å². The van der Waals surface area contributed by atoms with Crippen molar-refractivity contribution < 1.29 is 15.0 Å². The molecule has 18 heavy (non-hydrogen) atoms. The van der Waals surface area contributed by atoms with Gasteiger partial charge in [0.05, 0.1) is 6.54 Å². The summed E-state index contributed by atoms with van der Waals surface area (Å²) in [6.45, 7) is 0.393. The van der Waals surface area contributed by atoms with E-state index in [2.05, 4.69) is 0 Å². The zero-order valence-corrected chi connectivity index (χ0v) is 10.7. The molecule has 0 bridgehead atoms. The zero-order chi connectivity index (χ0) is 13.1. The lowest BCUT2D eigenvalue weighted by Gasteiger charge is -2.19. The number of hydrogen-bond acceptors (Lipinski definition) is 2. The Labute approximate surface area is 111 Å². The van der Waals surface area contributed by atoms with E-state index in [9.17, 15) is 4.79 Å². The Morgan fingerprint density at radius 3 is 2.72 bits per heavy atom. The van der Waals surface area contributed by atoms with Crippen molar-refractivity contribution in [2.24, 2.45) is 0 Å². The first-order chi connectivity index (χ1) is 8.61. The van der Waals surface area contributed by atoms with Gasteiger partial charge in [-0.25, -0.2) is 4.79 Å². The minimum Gasteiger partial charge on any atom is -0.465 e. The number of halogens is 1. The van der Waals surface area contributed by atoms with Gasteiger partial charge in [-0.1, -0.05) is 23.7 Å². The third-order valence-corrected chi connectivity index (χ3v) is 3.45. The van der Waals surface area contributed by atoms with Crippen molar-refractivity contribution in [1.29, 1.82) is 0 Å². The number of rotatable bonds is 5. The molecule has 0 radical (unpaired) electrons. The first-order valence-electron chi connectivity index (χ1n) is 5.99. The summed E-state index contributed by atoms with van der Waals surface area (Å²) in [5.74, 6) is 0. The highest BCUT2D eigenvalue weighted by Gasteiger charge is 2.32. The van der Waals surface area contributed by atoms with Crippen LogP contribution in [0.15, 0.2) is 18.2 Å². The highest BCUT2D eigenvalue weighted by atomic mass is 35.5. The van der Waals surface area contributed by atoms with E-state index in [1.165, 1.54) is 4.90 Å². The molecule has 0 saturated heterocycles. The number of carboxylic acid groups (broad SMARTS) is 1. The number of hydrogen-bond donors (Lipinski definition) is 2. The van der Waals surface area contributed by atoms with Gasteiger partial charge in [0, 0.05) is 17.7 Å². The van der Waals surface area contributed by atoms with E-state index in [1.807, 2.05) is 12.1 Å². The van der Waals surface area contributed by atoms with Gasteiger partial charge in [-0.2, -0.15) is 0 Å². The quantitative estimate of drug-likeness (QED) is 0.863. The third-order valence-electron chi connectivity index (χ3n) is 3.08. The molecule has 2 N–H and O–H groups in total. The van der Waals surface area contributed by atoms with Crippen LogP contribution in [0.1, 0.15) is 24.0 Å². The van der Waals surface area contributed by atoms with Gasteiger partial charge in [0.25, 0.3) is 0 Å². The van der Waals surface area contributed by atoms with Crippen LogP contribution >= 0.6 is 11.6 Å². The molecule has 1 aliphatic carbocycles. The Bertz CT molecular complexity index is 446. The predicted molar refractivity (Wildman–Crippen MR) is 68.8 cm³/mol. The standard InChI is InChI=1S/C13H16ClNO3/c14-12-4-1-9(5-6-16)7-10(12)8-15(13(17)18)11-2-3-11/h1,4,7,11,16H,2-3,5-6,8H2,(H,17,18). The van der Waals surface area contributed by atoms with Crippen LogP contribution in [-0.4, -0.2) is 33.9 Å². The fourth-order valence-corrected chi connectivity index (χ4v) is 2.13. The lowest BCUT2D eigenvalue weighted by atomic mass is 10.1. The second kappa shape index (κ2) is 5.59. The molecule has 4 nitrogen and oxygen atoms in total. The van der Waals surface area contributed by atoms with Gasteiger partial charge in [-0.3, -0.25) is 0 Å². The SMILES string of the molecule is O=C(O)N(Cc1cc(CCO)ccc1Cl)C1CC1. The van der Waals surface area contributed by atoms with Crippen molar-refractivity contribution in [3.63, 3.8) is 0 Å². The van der Waals surface area contributed by atoms with E-state index < -0.39 is 6.09 Å². The van der Waals surface area contributed by atoms with Crippen LogP contribution in [0.25, 0.3) is 0 Å². The molecule has 5 heteroatoms. The lowest BCUT2D eigenvalue weighted by molar-refractivity contribution is 0.139. The Kier molecular flexibility index (Phi) is 4.09. The molecule has 0 aromatic heterocycles. The Balaban J connectivity index is 2.15. The number of benzene rings is 1. The van der Waals surface area contributed by atoms with Crippen LogP contribution in [0.4, 0.5) is 4.79 Å². The van der Waals surface area contributed by atoms with Gasteiger partial charge in [-0.05, 0) is 36.5 Å². The largest absolute Gasteiger partial charge is 0.465 e. The number of amides is 1. The van der Waals surface area contributed by atoms with Crippen molar-refractivity contribution in [2.45, 2.75) is 31.8 Å². The molecule has 1 aromatic carbocycles. The molecule has 0 heterocycles. The topological polar surface area (TPSA) is 60.8 Å². The molecule has 0 unspecified atom stereocenters. The van der Waals surface area contributed by atoms with Crippen LogP contribution in [0, 0.1) is 0 Å². The summed E-state index contributed by atoms with van der Waals surface area (Å²) in [7, 11) is 0. The summed E-state index contributed by atoms with van der Waals surface area (Å²) in [6, 6.07) is 5.62. The van der Waals surface area contributed by atoms with Crippen molar-refractivity contribution in [3.05, 3.63) is 34.3 Å². The Morgan fingerprint density at radius 1 is 1.44 bits per heavy atom. The normalized spacial score (nSPS) is 14.6. The van der Waals surface area contributed by atoms with Gasteiger partial charge in [-0.15, -0.1) is 0 Å². The van der Waals surface area contributed by atoms with Crippen LogP contribution in [0.5, 0.6) is 0 Å². The maximum absolute atomic E-state index is 11.2. The van der Waals surface area contributed by atoms with Crippen LogP contribution < -0.4 is 0 Å². The van der Waals surface area contributed by atoms with E-state index in [0.29, 0.717) is 18.0 Å². The van der Waals surface area contributed by atoms with E-state index in [1.54, 1.807) is 6.07 Å². The Hall–Kier alpha value is -1.26. The van der Waals surface area contributed by atoms with E-state index in [4.69, 9.17) is 21.8 Å². The summed E-state index contributed by atoms with van der Waals surface area (Å²) in [5.41, 5.74) is 1.77. The first kappa shape index (κ1) is 13.2. The minimum absolute atomic E-state index is 0.0757. The van der Waals surface area contributed by atoms with Gasteiger partial charge < -0.3 is 15.1 Å². The summed E-state index contributed by atoms with van der Waals surface area (Å²) >= 11 is 6.09. The number of nitrogens with zero attached hydrogens (tertiary/aromatic N) is 1. The maximum Gasteiger partial charge on any atom is 0.407 e. The van der Waals surface area contributed by atoms with Crippen LogP contribution in [0.3, 0.4) is 0 Å².